The lowest BCUT2D eigenvalue weighted by Gasteiger charge is -2.12. The van der Waals surface area contributed by atoms with Crippen LogP contribution in [0.1, 0.15) is 23.7 Å². The van der Waals surface area contributed by atoms with Crippen LogP contribution >= 0.6 is 0 Å². The van der Waals surface area contributed by atoms with E-state index in [0.717, 1.165) is 10.8 Å². The number of aromatic nitrogens is 1. The molecule has 2 rings (SSSR count). The molecule has 5 nitrogen and oxygen atoms in total. The standard InChI is InChI=1S/C14H14N2O3/c1-2-12(14(18)19)16-13(17)10-3-4-11-8-15-6-5-9(11)7-10/h3-8,12H,2H2,1H3,(H,16,17)(H,18,19). The number of fused-ring (bicyclic) bond motifs is 1. The van der Waals surface area contributed by atoms with Crippen LogP contribution in [0.4, 0.5) is 0 Å². The van der Waals surface area contributed by atoms with Gasteiger partial charge in [0.1, 0.15) is 6.04 Å². The third-order valence-electron chi connectivity index (χ3n) is 2.91. The van der Waals surface area contributed by atoms with Crippen molar-refractivity contribution in [3.8, 4) is 0 Å². The molecule has 2 aromatic rings. The number of hydrogen-bond acceptors (Lipinski definition) is 3. The monoisotopic (exact) mass is 258 g/mol. The summed E-state index contributed by atoms with van der Waals surface area (Å²) in [6.07, 6.45) is 3.71. The van der Waals surface area contributed by atoms with Crippen LogP contribution in [0.5, 0.6) is 0 Å². The van der Waals surface area contributed by atoms with Crippen molar-refractivity contribution in [1.82, 2.24) is 10.3 Å². The molecule has 1 heterocycles. The molecule has 1 aromatic heterocycles. The van der Waals surface area contributed by atoms with Crippen molar-refractivity contribution in [2.75, 3.05) is 0 Å². The predicted molar refractivity (Wildman–Crippen MR) is 70.9 cm³/mol. The molecule has 0 spiro atoms. The molecule has 0 aliphatic rings. The molecular weight excluding hydrogens is 244 g/mol. The van der Waals surface area contributed by atoms with Gasteiger partial charge in [-0.25, -0.2) is 4.79 Å². The molecule has 1 atom stereocenters. The second-order valence-electron chi connectivity index (χ2n) is 4.21. The number of hydrogen-bond donors (Lipinski definition) is 2. The van der Waals surface area contributed by atoms with E-state index in [1.165, 1.54) is 0 Å². The highest BCUT2D eigenvalue weighted by molar-refractivity contribution is 5.99. The molecule has 1 aromatic carbocycles. The summed E-state index contributed by atoms with van der Waals surface area (Å²) >= 11 is 0. The zero-order valence-corrected chi connectivity index (χ0v) is 10.5. The van der Waals surface area contributed by atoms with Crippen LogP contribution in [-0.4, -0.2) is 28.0 Å². The number of nitrogens with one attached hydrogen (secondary N) is 1. The lowest BCUT2D eigenvalue weighted by Crippen LogP contribution is -2.40. The Labute approximate surface area is 110 Å². The first-order valence-corrected chi connectivity index (χ1v) is 5.99. The van der Waals surface area contributed by atoms with Crippen molar-refractivity contribution in [3.05, 3.63) is 42.2 Å². The van der Waals surface area contributed by atoms with Gasteiger partial charge in [0.25, 0.3) is 5.91 Å². The third-order valence-corrected chi connectivity index (χ3v) is 2.91. The highest BCUT2D eigenvalue weighted by atomic mass is 16.4. The summed E-state index contributed by atoms with van der Waals surface area (Å²) in [5, 5.41) is 13.2. The number of aliphatic carboxylic acids is 1. The summed E-state index contributed by atoms with van der Waals surface area (Å²) < 4.78 is 0. The third kappa shape index (κ3) is 2.88. The first-order chi connectivity index (χ1) is 9.11. The SMILES string of the molecule is CCC(NC(=O)c1ccc2cnccc2c1)C(=O)O. The molecule has 1 amide bonds. The van der Waals surface area contributed by atoms with Crippen LogP contribution in [0.2, 0.25) is 0 Å². The highest BCUT2D eigenvalue weighted by Crippen LogP contribution is 2.14. The fourth-order valence-electron chi connectivity index (χ4n) is 1.80. The van der Waals surface area contributed by atoms with Gasteiger partial charge in [-0.3, -0.25) is 9.78 Å². The van der Waals surface area contributed by atoms with Gasteiger partial charge < -0.3 is 10.4 Å². The molecule has 98 valence electrons. The first-order valence-electron chi connectivity index (χ1n) is 5.99. The lowest BCUT2D eigenvalue weighted by atomic mass is 10.1. The zero-order chi connectivity index (χ0) is 13.8. The normalized spacial score (nSPS) is 12.1. The number of carboxylic acid groups (broad SMARTS) is 1. The van der Waals surface area contributed by atoms with E-state index in [0.29, 0.717) is 12.0 Å². The van der Waals surface area contributed by atoms with E-state index in [1.54, 1.807) is 43.6 Å². The van der Waals surface area contributed by atoms with Crippen molar-refractivity contribution < 1.29 is 14.7 Å². The minimum absolute atomic E-state index is 0.346. The minimum atomic E-state index is -1.03. The Morgan fingerprint density at radius 2 is 2.11 bits per heavy atom. The van der Waals surface area contributed by atoms with Gasteiger partial charge in [-0.1, -0.05) is 13.0 Å². The average Bonchev–Trinajstić information content (AvgIpc) is 2.43. The molecule has 0 fully saturated rings. The van der Waals surface area contributed by atoms with Crippen molar-refractivity contribution in [3.63, 3.8) is 0 Å². The van der Waals surface area contributed by atoms with Crippen LogP contribution in [0, 0.1) is 0 Å². The zero-order valence-electron chi connectivity index (χ0n) is 10.5. The smallest absolute Gasteiger partial charge is 0.326 e. The number of amides is 1. The molecule has 0 bridgehead atoms. The predicted octanol–water partition coefficient (Wildman–Crippen LogP) is 1.83. The molecule has 5 heteroatoms. The molecule has 0 radical (unpaired) electrons. The topological polar surface area (TPSA) is 79.3 Å². The van der Waals surface area contributed by atoms with E-state index in [-0.39, 0.29) is 5.91 Å². The van der Waals surface area contributed by atoms with Gasteiger partial charge in [0.2, 0.25) is 0 Å². The van der Waals surface area contributed by atoms with Gasteiger partial charge in [-0.05, 0) is 30.0 Å². The number of carboxylic acids is 1. The Balaban J connectivity index is 2.24. The number of carbonyl (C=O) groups excluding carboxylic acids is 1. The molecule has 1 unspecified atom stereocenters. The molecule has 0 aliphatic carbocycles. The molecule has 19 heavy (non-hydrogen) atoms. The van der Waals surface area contributed by atoms with E-state index in [2.05, 4.69) is 10.3 Å². The van der Waals surface area contributed by atoms with Gasteiger partial charge in [-0.15, -0.1) is 0 Å². The van der Waals surface area contributed by atoms with E-state index in [4.69, 9.17) is 5.11 Å². The van der Waals surface area contributed by atoms with E-state index < -0.39 is 12.0 Å². The molecule has 0 saturated carbocycles. The van der Waals surface area contributed by atoms with Crippen molar-refractivity contribution in [1.29, 1.82) is 0 Å². The van der Waals surface area contributed by atoms with Crippen molar-refractivity contribution in [2.24, 2.45) is 0 Å². The van der Waals surface area contributed by atoms with Gasteiger partial charge in [0, 0.05) is 23.3 Å². The fourth-order valence-corrected chi connectivity index (χ4v) is 1.80. The number of carbonyl (C=O) groups is 2. The summed E-state index contributed by atoms with van der Waals surface area (Å²) in [5.74, 6) is -1.41. The first kappa shape index (κ1) is 13.0. The fraction of sp³-hybridized carbons (Fsp3) is 0.214. The van der Waals surface area contributed by atoms with Crippen molar-refractivity contribution in [2.45, 2.75) is 19.4 Å². The summed E-state index contributed by atoms with van der Waals surface area (Å²) in [6, 6.07) is 6.12. The Kier molecular flexibility index (Phi) is 3.75. The van der Waals surface area contributed by atoms with Gasteiger partial charge >= 0.3 is 5.97 Å². The van der Waals surface area contributed by atoms with Gasteiger partial charge in [-0.2, -0.15) is 0 Å². The number of rotatable bonds is 4. The quantitative estimate of drug-likeness (QED) is 0.876. The van der Waals surface area contributed by atoms with Crippen LogP contribution in [0.25, 0.3) is 10.8 Å². The molecule has 0 saturated heterocycles. The second kappa shape index (κ2) is 5.48. The maximum Gasteiger partial charge on any atom is 0.326 e. The van der Waals surface area contributed by atoms with Crippen LogP contribution in [0.3, 0.4) is 0 Å². The van der Waals surface area contributed by atoms with Crippen LogP contribution in [0.15, 0.2) is 36.7 Å². The number of pyridine rings is 1. The van der Waals surface area contributed by atoms with Crippen LogP contribution < -0.4 is 5.32 Å². The maximum absolute atomic E-state index is 12.0. The van der Waals surface area contributed by atoms with Crippen LogP contribution in [-0.2, 0) is 4.79 Å². The summed E-state index contributed by atoms with van der Waals surface area (Å²) in [5.41, 5.74) is 0.443. The molecule has 0 aliphatic heterocycles. The Morgan fingerprint density at radius 1 is 1.32 bits per heavy atom. The molecular formula is C14H14N2O3. The molecule has 2 N–H and O–H groups in total. The average molecular weight is 258 g/mol. The number of nitrogens with zero attached hydrogens (tertiary/aromatic N) is 1. The summed E-state index contributed by atoms with van der Waals surface area (Å²) in [4.78, 5) is 26.9. The Hall–Kier alpha value is -2.43. The van der Waals surface area contributed by atoms with E-state index >= 15 is 0 Å². The largest absolute Gasteiger partial charge is 0.480 e. The maximum atomic E-state index is 12.0. The van der Waals surface area contributed by atoms with Crippen molar-refractivity contribution >= 4 is 22.6 Å². The Bertz CT molecular complexity index is 625. The Morgan fingerprint density at radius 3 is 2.79 bits per heavy atom. The van der Waals surface area contributed by atoms with E-state index in [9.17, 15) is 9.59 Å². The van der Waals surface area contributed by atoms with E-state index in [1.807, 2.05) is 0 Å². The number of benzene rings is 1. The summed E-state index contributed by atoms with van der Waals surface area (Å²) in [7, 11) is 0. The van der Waals surface area contributed by atoms with Gasteiger partial charge in [0.05, 0.1) is 0 Å². The second-order valence-corrected chi connectivity index (χ2v) is 4.21. The highest BCUT2D eigenvalue weighted by Gasteiger charge is 2.18. The van der Waals surface area contributed by atoms with Gasteiger partial charge in [0.15, 0.2) is 0 Å². The minimum Gasteiger partial charge on any atom is -0.480 e. The lowest BCUT2D eigenvalue weighted by molar-refractivity contribution is -0.139. The summed E-state index contributed by atoms with van der Waals surface area (Å²) in [6.45, 7) is 1.71.